The summed E-state index contributed by atoms with van der Waals surface area (Å²) in [6.07, 6.45) is 7.22. The van der Waals surface area contributed by atoms with Crippen LogP contribution in [0.15, 0.2) is 42.7 Å². The third kappa shape index (κ3) is 4.48. The van der Waals surface area contributed by atoms with Gasteiger partial charge in [0.25, 0.3) is 0 Å². The van der Waals surface area contributed by atoms with Gasteiger partial charge in [-0.05, 0) is 44.4 Å². The lowest BCUT2D eigenvalue weighted by atomic mass is 9.94. The number of hydrogen-bond acceptors (Lipinski definition) is 3. The van der Waals surface area contributed by atoms with Crippen LogP contribution in [0.1, 0.15) is 25.6 Å². The zero-order chi connectivity index (χ0) is 17.6. The van der Waals surface area contributed by atoms with E-state index in [0.717, 1.165) is 37.4 Å². The highest BCUT2D eigenvalue weighted by molar-refractivity contribution is 5.94. The van der Waals surface area contributed by atoms with E-state index in [4.69, 9.17) is 0 Å². The van der Waals surface area contributed by atoms with Gasteiger partial charge in [-0.25, -0.2) is 4.98 Å². The van der Waals surface area contributed by atoms with Gasteiger partial charge in [0, 0.05) is 44.6 Å². The minimum atomic E-state index is 0.186. The molecule has 1 atom stereocenters. The summed E-state index contributed by atoms with van der Waals surface area (Å²) in [6.45, 7) is 5.22. The maximum atomic E-state index is 12.8. The first-order chi connectivity index (χ1) is 12.2. The van der Waals surface area contributed by atoms with Gasteiger partial charge in [0.15, 0.2) is 0 Å². The number of para-hydroxylation sites is 1. The summed E-state index contributed by atoms with van der Waals surface area (Å²) < 4.78 is 2.10. The summed E-state index contributed by atoms with van der Waals surface area (Å²) in [5, 5.41) is 0. The molecule has 0 saturated carbocycles. The van der Waals surface area contributed by atoms with Crippen molar-refractivity contribution in [2.45, 2.75) is 26.2 Å². The number of imidazole rings is 1. The van der Waals surface area contributed by atoms with Crippen LogP contribution < -0.4 is 4.90 Å². The Hall–Kier alpha value is -2.14. The number of carbonyl (C=O) groups excluding carboxylic acids is 1. The Kier molecular flexibility index (Phi) is 5.87. The molecule has 0 N–H and O–H groups in total. The zero-order valence-electron chi connectivity index (χ0n) is 15.3. The largest absolute Gasteiger partial charge is 0.338 e. The number of aromatic nitrogens is 2. The zero-order valence-corrected chi connectivity index (χ0v) is 15.3. The Morgan fingerprint density at radius 1 is 1.32 bits per heavy atom. The number of rotatable bonds is 6. The number of likely N-dealkylation sites (N-methyl/N-ethyl adjacent to an activating group) is 1. The number of anilines is 1. The molecule has 1 unspecified atom stereocenters. The average molecular weight is 340 g/mol. The first kappa shape index (κ1) is 17.7. The number of likely N-dealkylation sites (tertiary alicyclic amines) is 1. The van der Waals surface area contributed by atoms with Crippen LogP contribution in [0.5, 0.6) is 0 Å². The van der Waals surface area contributed by atoms with Crippen molar-refractivity contribution in [3.8, 4) is 0 Å². The second kappa shape index (κ2) is 8.30. The number of hydrogen-bond donors (Lipinski definition) is 0. The second-order valence-corrected chi connectivity index (χ2v) is 6.88. The molecule has 2 heterocycles. The fraction of sp³-hybridized carbons (Fsp3) is 0.500. The smallest absolute Gasteiger partial charge is 0.241 e. The van der Waals surface area contributed by atoms with Crippen molar-refractivity contribution in [1.29, 1.82) is 0 Å². The van der Waals surface area contributed by atoms with E-state index in [9.17, 15) is 4.79 Å². The van der Waals surface area contributed by atoms with Gasteiger partial charge in [-0.15, -0.1) is 0 Å². The Morgan fingerprint density at radius 3 is 2.80 bits per heavy atom. The van der Waals surface area contributed by atoms with Crippen molar-refractivity contribution in [2.75, 3.05) is 31.1 Å². The topological polar surface area (TPSA) is 41.4 Å². The molecule has 1 aliphatic rings. The van der Waals surface area contributed by atoms with Crippen LogP contribution in [0.3, 0.4) is 0 Å². The van der Waals surface area contributed by atoms with E-state index in [1.165, 1.54) is 6.42 Å². The lowest BCUT2D eigenvalue weighted by Crippen LogP contribution is -2.44. The molecule has 25 heavy (non-hydrogen) atoms. The number of amides is 1. The first-order valence-electron chi connectivity index (χ1n) is 9.21. The molecule has 3 rings (SSSR count). The normalized spacial score (nSPS) is 18.2. The molecule has 1 aliphatic heterocycles. The van der Waals surface area contributed by atoms with E-state index >= 15 is 0 Å². The molecule has 1 saturated heterocycles. The van der Waals surface area contributed by atoms with Crippen LogP contribution >= 0.6 is 0 Å². The molecular formula is C20H28N4O. The second-order valence-electron chi connectivity index (χ2n) is 6.88. The maximum Gasteiger partial charge on any atom is 0.241 e. The van der Waals surface area contributed by atoms with E-state index in [1.54, 1.807) is 0 Å². The van der Waals surface area contributed by atoms with E-state index in [1.807, 2.05) is 61.6 Å². The van der Waals surface area contributed by atoms with Gasteiger partial charge in [-0.1, -0.05) is 18.2 Å². The Morgan fingerprint density at radius 2 is 2.12 bits per heavy atom. The Labute approximate surface area is 150 Å². The molecule has 1 fully saturated rings. The predicted octanol–water partition coefficient (Wildman–Crippen LogP) is 2.73. The van der Waals surface area contributed by atoms with Gasteiger partial charge in [0.2, 0.25) is 5.91 Å². The molecule has 0 aliphatic carbocycles. The van der Waals surface area contributed by atoms with Crippen molar-refractivity contribution >= 4 is 11.6 Å². The molecule has 134 valence electrons. The maximum absolute atomic E-state index is 12.8. The number of benzene rings is 1. The van der Waals surface area contributed by atoms with Crippen LogP contribution in [-0.2, 0) is 18.3 Å². The van der Waals surface area contributed by atoms with Crippen LogP contribution in [0.2, 0.25) is 0 Å². The molecule has 2 aromatic rings. The molecule has 5 heteroatoms. The van der Waals surface area contributed by atoms with E-state index in [0.29, 0.717) is 19.0 Å². The predicted molar refractivity (Wildman–Crippen MR) is 101 cm³/mol. The molecular weight excluding hydrogens is 312 g/mol. The summed E-state index contributed by atoms with van der Waals surface area (Å²) >= 11 is 0. The average Bonchev–Trinajstić information content (AvgIpc) is 3.02. The quantitative estimate of drug-likeness (QED) is 0.812. The summed E-state index contributed by atoms with van der Waals surface area (Å²) in [4.78, 5) is 21.4. The molecule has 1 amide bonds. The number of piperidine rings is 1. The fourth-order valence-electron chi connectivity index (χ4n) is 3.70. The van der Waals surface area contributed by atoms with Gasteiger partial charge in [0.1, 0.15) is 5.82 Å². The third-order valence-electron chi connectivity index (χ3n) is 5.04. The molecule has 0 radical (unpaired) electrons. The van der Waals surface area contributed by atoms with Gasteiger partial charge in [-0.3, -0.25) is 9.69 Å². The van der Waals surface area contributed by atoms with Crippen molar-refractivity contribution < 1.29 is 4.79 Å². The van der Waals surface area contributed by atoms with Crippen LogP contribution in [0, 0.1) is 5.92 Å². The van der Waals surface area contributed by atoms with E-state index in [-0.39, 0.29) is 5.91 Å². The lowest BCUT2D eigenvalue weighted by Gasteiger charge is -2.33. The Balaban J connectivity index is 1.58. The molecule has 0 bridgehead atoms. The van der Waals surface area contributed by atoms with Gasteiger partial charge in [-0.2, -0.15) is 0 Å². The third-order valence-corrected chi connectivity index (χ3v) is 5.04. The van der Waals surface area contributed by atoms with Crippen molar-refractivity contribution in [2.24, 2.45) is 13.0 Å². The van der Waals surface area contributed by atoms with E-state index in [2.05, 4.69) is 14.5 Å². The highest BCUT2D eigenvalue weighted by atomic mass is 16.2. The van der Waals surface area contributed by atoms with Crippen molar-refractivity contribution in [3.63, 3.8) is 0 Å². The summed E-state index contributed by atoms with van der Waals surface area (Å²) in [6, 6.07) is 9.95. The standard InChI is InChI=1S/C20H28N4O/c1-3-24(18-9-5-4-6-10-18)20(25)16-23-12-7-8-17(15-23)14-19-21-11-13-22(19)2/h4-6,9-11,13,17H,3,7-8,12,14-16H2,1-2H3. The minimum absolute atomic E-state index is 0.186. The number of aryl methyl sites for hydroxylation is 1. The first-order valence-corrected chi connectivity index (χ1v) is 9.21. The molecule has 1 aromatic heterocycles. The van der Waals surface area contributed by atoms with E-state index < -0.39 is 0 Å². The highest BCUT2D eigenvalue weighted by Gasteiger charge is 2.24. The Bertz CT molecular complexity index is 682. The van der Waals surface area contributed by atoms with Gasteiger partial charge >= 0.3 is 0 Å². The van der Waals surface area contributed by atoms with Crippen molar-refractivity contribution in [1.82, 2.24) is 14.5 Å². The molecule has 0 spiro atoms. The molecule has 5 nitrogen and oxygen atoms in total. The SMILES string of the molecule is CCN(C(=O)CN1CCCC(Cc2nccn2C)C1)c1ccccc1. The van der Waals surface area contributed by atoms with Crippen LogP contribution in [-0.4, -0.2) is 46.5 Å². The monoisotopic (exact) mass is 340 g/mol. The lowest BCUT2D eigenvalue weighted by molar-refractivity contribution is -0.120. The number of nitrogens with zero attached hydrogens (tertiary/aromatic N) is 4. The van der Waals surface area contributed by atoms with Crippen LogP contribution in [0.4, 0.5) is 5.69 Å². The summed E-state index contributed by atoms with van der Waals surface area (Å²) in [7, 11) is 2.05. The summed E-state index contributed by atoms with van der Waals surface area (Å²) in [5.74, 6) is 1.90. The highest BCUT2D eigenvalue weighted by Crippen LogP contribution is 2.21. The number of carbonyl (C=O) groups is 1. The van der Waals surface area contributed by atoms with Crippen LogP contribution in [0.25, 0.3) is 0 Å². The van der Waals surface area contributed by atoms with Gasteiger partial charge in [0.05, 0.1) is 6.54 Å². The van der Waals surface area contributed by atoms with Crippen molar-refractivity contribution in [3.05, 3.63) is 48.5 Å². The minimum Gasteiger partial charge on any atom is -0.338 e. The molecule has 1 aromatic carbocycles. The fourth-order valence-corrected chi connectivity index (χ4v) is 3.70. The van der Waals surface area contributed by atoms with Gasteiger partial charge < -0.3 is 9.47 Å². The summed E-state index contributed by atoms with van der Waals surface area (Å²) in [5.41, 5.74) is 0.983.